The van der Waals surface area contributed by atoms with Gasteiger partial charge in [-0.25, -0.2) is 0 Å². The average molecular weight is 283 g/mol. The molecular weight excluding hydrogens is 254 g/mol. The third-order valence-electron chi connectivity index (χ3n) is 4.34. The Bertz CT molecular complexity index is 325. The van der Waals surface area contributed by atoms with Crippen molar-refractivity contribution in [2.75, 3.05) is 39.3 Å². The van der Waals surface area contributed by atoms with Crippen LogP contribution in [0.3, 0.4) is 0 Å². The number of likely N-dealkylation sites (tertiary alicyclic amines) is 1. The number of carbonyl (C=O) groups is 1. The van der Waals surface area contributed by atoms with Crippen LogP contribution in [0.1, 0.15) is 27.2 Å². The summed E-state index contributed by atoms with van der Waals surface area (Å²) in [7, 11) is 0. The van der Waals surface area contributed by atoms with Crippen molar-refractivity contribution in [3.05, 3.63) is 0 Å². The molecule has 0 aromatic heterocycles. The molecule has 2 aliphatic heterocycles. The van der Waals surface area contributed by atoms with Gasteiger partial charge >= 0.3 is 0 Å². The first-order chi connectivity index (χ1) is 9.45. The Morgan fingerprint density at radius 1 is 1.30 bits per heavy atom. The number of amides is 1. The molecule has 2 N–H and O–H groups in total. The minimum absolute atomic E-state index is 0.0166. The molecule has 116 valence electrons. The molecule has 0 aromatic rings. The predicted molar refractivity (Wildman–Crippen MR) is 79.4 cm³/mol. The van der Waals surface area contributed by atoms with E-state index in [-0.39, 0.29) is 18.1 Å². The Labute approximate surface area is 122 Å². The lowest BCUT2D eigenvalue weighted by Gasteiger charge is -2.38. The summed E-state index contributed by atoms with van der Waals surface area (Å²) in [4.78, 5) is 16.7. The smallest absolute Gasteiger partial charge is 0.236 e. The van der Waals surface area contributed by atoms with Crippen molar-refractivity contribution in [1.82, 2.24) is 9.80 Å². The molecule has 2 aliphatic rings. The average Bonchev–Trinajstić information content (AvgIpc) is 2.37. The van der Waals surface area contributed by atoms with Crippen molar-refractivity contribution in [1.29, 1.82) is 0 Å². The number of ether oxygens (including phenoxy) is 1. The second-order valence-electron chi connectivity index (χ2n) is 6.75. The topological polar surface area (TPSA) is 58.8 Å². The van der Waals surface area contributed by atoms with Crippen LogP contribution in [0.4, 0.5) is 0 Å². The zero-order valence-electron chi connectivity index (χ0n) is 13.0. The summed E-state index contributed by atoms with van der Waals surface area (Å²) in [6.07, 6.45) is 1.28. The number of hydrogen-bond donors (Lipinski definition) is 1. The monoisotopic (exact) mass is 283 g/mol. The summed E-state index contributed by atoms with van der Waals surface area (Å²) >= 11 is 0. The Hall–Kier alpha value is -0.650. The fourth-order valence-corrected chi connectivity index (χ4v) is 3.35. The van der Waals surface area contributed by atoms with Crippen molar-refractivity contribution in [2.45, 2.75) is 39.3 Å². The highest BCUT2D eigenvalue weighted by Gasteiger charge is 2.29. The molecule has 0 bridgehead atoms. The zero-order valence-corrected chi connectivity index (χ0v) is 13.0. The second-order valence-corrected chi connectivity index (χ2v) is 6.75. The van der Waals surface area contributed by atoms with Gasteiger partial charge in [-0.15, -0.1) is 0 Å². The standard InChI is InChI=1S/C15H29N3O2/c1-11-6-12(2)8-18(7-11)15(19)10-17-4-5-20-14(9-17)13(3)16/h11-14H,4-10,16H2,1-3H3. The van der Waals surface area contributed by atoms with Crippen LogP contribution in [0.25, 0.3) is 0 Å². The first kappa shape index (κ1) is 15.7. The summed E-state index contributed by atoms with van der Waals surface area (Å²) in [5.41, 5.74) is 5.89. The van der Waals surface area contributed by atoms with Gasteiger partial charge in [-0.1, -0.05) is 13.8 Å². The molecular formula is C15H29N3O2. The maximum Gasteiger partial charge on any atom is 0.236 e. The van der Waals surface area contributed by atoms with Crippen LogP contribution >= 0.6 is 0 Å². The Morgan fingerprint density at radius 2 is 1.95 bits per heavy atom. The summed E-state index contributed by atoms with van der Waals surface area (Å²) < 4.78 is 5.64. The largest absolute Gasteiger partial charge is 0.374 e. The van der Waals surface area contributed by atoms with E-state index in [1.165, 1.54) is 6.42 Å². The van der Waals surface area contributed by atoms with Crippen molar-refractivity contribution >= 4 is 5.91 Å². The van der Waals surface area contributed by atoms with Crippen LogP contribution in [0.15, 0.2) is 0 Å². The van der Waals surface area contributed by atoms with Gasteiger partial charge in [0.1, 0.15) is 0 Å². The molecule has 2 saturated heterocycles. The van der Waals surface area contributed by atoms with Gasteiger partial charge in [-0.05, 0) is 25.2 Å². The molecule has 5 heteroatoms. The molecule has 2 fully saturated rings. The Kier molecular flexibility index (Phi) is 5.41. The zero-order chi connectivity index (χ0) is 14.7. The van der Waals surface area contributed by atoms with E-state index in [2.05, 4.69) is 18.7 Å². The molecule has 0 saturated carbocycles. The third-order valence-corrected chi connectivity index (χ3v) is 4.34. The Balaban J connectivity index is 1.84. The summed E-state index contributed by atoms with van der Waals surface area (Å²) in [6.45, 7) is 11.0. The van der Waals surface area contributed by atoms with Crippen LogP contribution in [-0.2, 0) is 9.53 Å². The van der Waals surface area contributed by atoms with Gasteiger partial charge in [0.05, 0.1) is 19.3 Å². The van der Waals surface area contributed by atoms with Crippen LogP contribution in [0.2, 0.25) is 0 Å². The molecule has 5 nitrogen and oxygen atoms in total. The Morgan fingerprint density at radius 3 is 2.55 bits per heavy atom. The maximum absolute atomic E-state index is 12.4. The fraction of sp³-hybridized carbons (Fsp3) is 0.933. The van der Waals surface area contributed by atoms with Crippen molar-refractivity contribution in [2.24, 2.45) is 17.6 Å². The highest BCUT2D eigenvalue weighted by molar-refractivity contribution is 5.78. The number of morpholine rings is 1. The van der Waals surface area contributed by atoms with Crippen molar-refractivity contribution < 1.29 is 9.53 Å². The summed E-state index contributed by atoms with van der Waals surface area (Å²) in [5, 5.41) is 0. The van der Waals surface area contributed by atoms with E-state index in [0.717, 1.165) is 26.2 Å². The van der Waals surface area contributed by atoms with Gasteiger partial charge in [-0.3, -0.25) is 9.69 Å². The molecule has 0 aliphatic carbocycles. The lowest BCUT2D eigenvalue weighted by molar-refractivity contribution is -0.137. The number of carbonyl (C=O) groups excluding carboxylic acids is 1. The fourth-order valence-electron chi connectivity index (χ4n) is 3.35. The molecule has 4 unspecified atom stereocenters. The number of piperidine rings is 1. The summed E-state index contributed by atoms with van der Waals surface area (Å²) in [5.74, 6) is 1.49. The lowest BCUT2D eigenvalue weighted by Crippen LogP contribution is -2.53. The van der Waals surface area contributed by atoms with E-state index >= 15 is 0 Å². The van der Waals surface area contributed by atoms with Crippen LogP contribution in [0.5, 0.6) is 0 Å². The van der Waals surface area contributed by atoms with E-state index in [9.17, 15) is 4.79 Å². The van der Waals surface area contributed by atoms with Gasteiger partial charge in [-0.2, -0.15) is 0 Å². The quantitative estimate of drug-likeness (QED) is 0.821. The number of hydrogen-bond acceptors (Lipinski definition) is 4. The highest BCUT2D eigenvalue weighted by Crippen LogP contribution is 2.21. The van der Waals surface area contributed by atoms with Gasteiger partial charge in [0.15, 0.2) is 0 Å². The first-order valence-corrected chi connectivity index (χ1v) is 7.83. The van der Waals surface area contributed by atoms with Crippen molar-refractivity contribution in [3.8, 4) is 0 Å². The maximum atomic E-state index is 12.4. The second kappa shape index (κ2) is 6.87. The minimum atomic E-state index is 0.0166. The van der Waals surface area contributed by atoms with Gasteiger partial charge in [0.2, 0.25) is 5.91 Å². The lowest BCUT2D eigenvalue weighted by atomic mass is 9.92. The van der Waals surface area contributed by atoms with Gasteiger partial charge in [0.25, 0.3) is 0 Å². The first-order valence-electron chi connectivity index (χ1n) is 7.83. The van der Waals surface area contributed by atoms with Crippen LogP contribution in [0, 0.1) is 11.8 Å². The van der Waals surface area contributed by atoms with E-state index in [4.69, 9.17) is 10.5 Å². The normalized spacial score (nSPS) is 34.0. The molecule has 2 rings (SSSR count). The number of nitrogens with two attached hydrogens (primary N) is 1. The number of nitrogens with zero attached hydrogens (tertiary/aromatic N) is 2. The SMILES string of the molecule is CC1CC(C)CN(C(=O)CN2CCOC(C(C)N)C2)C1. The molecule has 2 heterocycles. The molecule has 20 heavy (non-hydrogen) atoms. The predicted octanol–water partition coefficient (Wildman–Crippen LogP) is 0.539. The van der Waals surface area contributed by atoms with E-state index in [1.54, 1.807) is 0 Å². The molecule has 0 aromatic carbocycles. The highest BCUT2D eigenvalue weighted by atomic mass is 16.5. The van der Waals surface area contributed by atoms with Crippen LogP contribution < -0.4 is 5.73 Å². The molecule has 4 atom stereocenters. The molecule has 0 radical (unpaired) electrons. The van der Waals surface area contributed by atoms with Gasteiger partial charge in [0, 0.05) is 32.2 Å². The van der Waals surface area contributed by atoms with Crippen molar-refractivity contribution in [3.63, 3.8) is 0 Å². The molecule has 1 amide bonds. The van der Waals surface area contributed by atoms with Gasteiger partial charge < -0.3 is 15.4 Å². The minimum Gasteiger partial charge on any atom is -0.374 e. The van der Waals surface area contributed by atoms with E-state index < -0.39 is 0 Å². The summed E-state index contributed by atoms with van der Waals surface area (Å²) in [6, 6.07) is 0.0166. The third kappa shape index (κ3) is 4.17. The number of rotatable bonds is 3. The van der Waals surface area contributed by atoms with Crippen LogP contribution in [-0.4, -0.2) is 67.2 Å². The van der Waals surface area contributed by atoms with E-state index in [0.29, 0.717) is 25.0 Å². The van der Waals surface area contributed by atoms with E-state index in [1.807, 2.05) is 11.8 Å². The molecule has 0 spiro atoms.